The van der Waals surface area contributed by atoms with Gasteiger partial charge in [0.25, 0.3) is 5.52 Å². The summed E-state index contributed by atoms with van der Waals surface area (Å²) in [6.07, 6.45) is 0. The zero-order valence-corrected chi connectivity index (χ0v) is 14.8. The summed E-state index contributed by atoms with van der Waals surface area (Å²) >= 11 is 0. The fourth-order valence-electron chi connectivity index (χ4n) is 1.68. The van der Waals surface area contributed by atoms with Crippen LogP contribution in [0.1, 0.15) is 57.5 Å². The lowest BCUT2D eigenvalue weighted by atomic mass is 10.2. The minimum atomic E-state index is -3.93. The minimum Gasteiger partial charge on any atom is -0.297 e. The van der Waals surface area contributed by atoms with Gasteiger partial charge < -0.3 is 0 Å². The Morgan fingerprint density at radius 2 is 1.29 bits per heavy atom. The molecule has 118 valence electrons. The first-order valence-electron chi connectivity index (χ1n) is 6.96. The van der Waals surface area contributed by atoms with Crippen molar-refractivity contribution < 1.29 is 18.4 Å². The number of rotatable bonds is 4. The van der Waals surface area contributed by atoms with Crippen LogP contribution in [0.3, 0.4) is 0 Å². The molecule has 0 saturated carbocycles. The molecule has 0 aliphatic rings. The lowest BCUT2D eigenvalue weighted by molar-refractivity contribution is 0.0447. The predicted octanol–water partition coefficient (Wildman–Crippen LogP) is 4.96. The van der Waals surface area contributed by atoms with E-state index in [1.54, 1.807) is 65.8 Å². The van der Waals surface area contributed by atoms with Crippen LogP contribution in [0.5, 0.6) is 0 Å². The molecule has 0 atom stereocenters. The third kappa shape index (κ3) is 5.74. The normalized spacial score (nSPS) is 13.3. The van der Waals surface area contributed by atoms with Crippen molar-refractivity contribution in [3.63, 3.8) is 0 Å². The first kappa shape index (κ1) is 18.1. The van der Waals surface area contributed by atoms with Gasteiger partial charge in [0.2, 0.25) is 0 Å². The summed E-state index contributed by atoms with van der Waals surface area (Å²) in [5.74, 6) is 0. The van der Waals surface area contributed by atoms with Gasteiger partial charge in [-0.1, -0.05) is 29.8 Å². The van der Waals surface area contributed by atoms with E-state index in [4.69, 9.17) is 9.05 Å². The Balaban J connectivity index is 3.20. The maximum Gasteiger partial charge on any atom is 0.402 e. The van der Waals surface area contributed by atoms with Crippen molar-refractivity contribution in [3.05, 3.63) is 35.4 Å². The lowest BCUT2D eigenvalue weighted by Gasteiger charge is -2.31. The van der Waals surface area contributed by atoms with E-state index < -0.39 is 24.3 Å². The van der Waals surface area contributed by atoms with Crippen LogP contribution in [0.2, 0.25) is 0 Å². The van der Waals surface area contributed by atoms with Crippen LogP contribution < -0.4 is 0 Å². The van der Waals surface area contributed by atoms with Crippen LogP contribution in [0.15, 0.2) is 24.3 Å². The molecule has 0 bridgehead atoms. The summed E-state index contributed by atoms with van der Waals surface area (Å²) in [5, 5.41) is 0. The Labute approximate surface area is 127 Å². The van der Waals surface area contributed by atoms with Gasteiger partial charge in [0.05, 0.1) is 11.2 Å². The number of hydrogen-bond donors (Lipinski definition) is 0. The summed E-state index contributed by atoms with van der Waals surface area (Å²) in [5.41, 5.74) is -0.748. The zero-order valence-electron chi connectivity index (χ0n) is 13.9. The van der Waals surface area contributed by atoms with Crippen molar-refractivity contribution in [3.8, 4) is 0 Å². The Morgan fingerprint density at radius 3 is 1.62 bits per heavy atom. The van der Waals surface area contributed by atoms with E-state index in [1.807, 2.05) is 6.92 Å². The molecule has 0 spiro atoms. The van der Waals surface area contributed by atoms with Crippen LogP contribution in [0, 0.1) is 6.92 Å². The quantitative estimate of drug-likeness (QED) is 0.737. The third-order valence-electron chi connectivity index (χ3n) is 2.34. The highest BCUT2D eigenvalue weighted by atomic mass is 31.2. The molecule has 1 rings (SSSR count). The van der Waals surface area contributed by atoms with E-state index in [2.05, 4.69) is 0 Å². The molecule has 0 saturated heterocycles. The molecule has 0 N–H and O–H groups in total. The first-order chi connectivity index (χ1) is 9.32. The monoisotopic (exact) mass is 312 g/mol. The summed E-state index contributed by atoms with van der Waals surface area (Å²) in [6, 6.07) is 6.88. The molecule has 0 aliphatic heterocycles. The van der Waals surface area contributed by atoms with Crippen LogP contribution in [-0.2, 0) is 13.6 Å². The number of carbonyl (C=O) groups excluding carboxylic acids is 1. The van der Waals surface area contributed by atoms with Gasteiger partial charge in [-0.25, -0.2) is 0 Å². The van der Waals surface area contributed by atoms with Gasteiger partial charge in [0.15, 0.2) is 0 Å². The average Bonchev–Trinajstić information content (AvgIpc) is 2.23. The van der Waals surface area contributed by atoms with Crippen molar-refractivity contribution >= 4 is 13.1 Å². The molecule has 0 heterocycles. The average molecular weight is 312 g/mol. The van der Waals surface area contributed by atoms with Crippen molar-refractivity contribution in [2.24, 2.45) is 0 Å². The fraction of sp³-hybridized carbons (Fsp3) is 0.562. The van der Waals surface area contributed by atoms with Crippen LogP contribution in [-0.4, -0.2) is 16.7 Å². The van der Waals surface area contributed by atoms with Gasteiger partial charge in [0.1, 0.15) is 0 Å². The molecule has 0 aliphatic carbocycles. The maximum atomic E-state index is 13.0. The van der Waals surface area contributed by atoms with Crippen molar-refractivity contribution in [2.75, 3.05) is 0 Å². The molecule has 0 fully saturated rings. The molecular weight excluding hydrogens is 287 g/mol. The van der Waals surface area contributed by atoms with Crippen molar-refractivity contribution in [1.82, 2.24) is 0 Å². The summed E-state index contributed by atoms with van der Waals surface area (Å²) in [7, 11) is -3.93. The highest BCUT2D eigenvalue weighted by molar-refractivity contribution is 7.72. The van der Waals surface area contributed by atoms with Gasteiger partial charge in [-0.3, -0.25) is 18.4 Å². The predicted molar refractivity (Wildman–Crippen MR) is 84.8 cm³/mol. The van der Waals surface area contributed by atoms with Crippen molar-refractivity contribution in [2.45, 2.75) is 59.7 Å². The van der Waals surface area contributed by atoms with Gasteiger partial charge in [-0.2, -0.15) is 0 Å². The van der Waals surface area contributed by atoms with E-state index in [-0.39, 0.29) is 0 Å². The standard InChI is InChI=1S/C16H25O4P/c1-12-8-10-13(11-9-12)14(17)21(18,19-15(2,3)4)20-16(5,6)7/h8-11H,1-7H3. The molecule has 0 aromatic heterocycles. The summed E-state index contributed by atoms with van der Waals surface area (Å²) in [6.45, 7) is 12.4. The Morgan fingerprint density at radius 1 is 0.905 bits per heavy atom. The first-order valence-corrected chi connectivity index (χ1v) is 8.50. The van der Waals surface area contributed by atoms with E-state index in [0.29, 0.717) is 5.56 Å². The Kier molecular flexibility index (Phi) is 5.20. The number of benzene rings is 1. The molecular formula is C16H25O4P. The molecule has 0 unspecified atom stereocenters. The molecule has 4 nitrogen and oxygen atoms in total. The smallest absolute Gasteiger partial charge is 0.297 e. The SMILES string of the molecule is Cc1ccc(C(=O)P(=O)(OC(C)(C)C)OC(C)(C)C)cc1. The van der Waals surface area contributed by atoms with Gasteiger partial charge in [-0.05, 0) is 48.5 Å². The molecule has 0 amide bonds. The molecule has 0 radical (unpaired) electrons. The molecule has 5 heteroatoms. The topological polar surface area (TPSA) is 52.6 Å². The molecule has 1 aromatic carbocycles. The number of aryl methyl sites for hydroxylation is 1. The van der Waals surface area contributed by atoms with Gasteiger partial charge in [0, 0.05) is 5.56 Å². The minimum absolute atomic E-state index is 0.331. The molecule has 21 heavy (non-hydrogen) atoms. The highest BCUT2D eigenvalue weighted by Gasteiger charge is 2.42. The van der Waals surface area contributed by atoms with Gasteiger partial charge >= 0.3 is 7.60 Å². The Bertz CT molecular complexity index is 527. The summed E-state index contributed by atoms with van der Waals surface area (Å²) < 4.78 is 24.1. The zero-order chi connectivity index (χ0) is 16.5. The maximum absolute atomic E-state index is 13.0. The largest absolute Gasteiger partial charge is 0.402 e. The van der Waals surface area contributed by atoms with E-state index in [0.717, 1.165) is 5.56 Å². The Hall–Kier alpha value is -0.960. The van der Waals surface area contributed by atoms with Crippen LogP contribution >= 0.6 is 7.60 Å². The number of hydrogen-bond acceptors (Lipinski definition) is 4. The van der Waals surface area contributed by atoms with E-state index in [9.17, 15) is 9.36 Å². The molecule has 1 aromatic rings. The van der Waals surface area contributed by atoms with Crippen LogP contribution in [0.4, 0.5) is 0 Å². The van der Waals surface area contributed by atoms with E-state index >= 15 is 0 Å². The third-order valence-corrected chi connectivity index (χ3v) is 4.67. The lowest BCUT2D eigenvalue weighted by Crippen LogP contribution is -2.26. The van der Waals surface area contributed by atoms with Crippen LogP contribution in [0.25, 0.3) is 0 Å². The highest BCUT2D eigenvalue weighted by Crippen LogP contribution is 2.56. The fourth-order valence-corrected chi connectivity index (χ4v) is 3.79. The second kappa shape index (κ2) is 6.04. The van der Waals surface area contributed by atoms with Gasteiger partial charge in [-0.15, -0.1) is 0 Å². The second-order valence-electron chi connectivity index (χ2n) is 7.08. The number of carbonyl (C=O) groups is 1. The summed E-state index contributed by atoms with van der Waals surface area (Å²) in [4.78, 5) is 12.6. The van der Waals surface area contributed by atoms with Crippen molar-refractivity contribution in [1.29, 1.82) is 0 Å². The second-order valence-corrected chi connectivity index (χ2v) is 8.84. The van der Waals surface area contributed by atoms with E-state index in [1.165, 1.54) is 0 Å².